The number of amides is 1. The first-order chi connectivity index (χ1) is 12.2. The molecule has 2 aliphatic rings. The van der Waals surface area contributed by atoms with Gasteiger partial charge in [-0.2, -0.15) is 13.2 Å². The van der Waals surface area contributed by atoms with Crippen LogP contribution >= 0.6 is 11.6 Å². The van der Waals surface area contributed by atoms with E-state index in [9.17, 15) is 23.1 Å². The molecule has 2 saturated carbocycles. The molecule has 0 bridgehead atoms. The van der Waals surface area contributed by atoms with E-state index in [2.05, 4.69) is 15.3 Å². The van der Waals surface area contributed by atoms with Gasteiger partial charge in [-0.05, 0) is 25.0 Å². The summed E-state index contributed by atoms with van der Waals surface area (Å²) in [5, 5.41) is 13.0. The predicted molar refractivity (Wildman–Crippen MR) is 88.0 cm³/mol. The van der Waals surface area contributed by atoms with Crippen LogP contribution in [0.5, 0.6) is 0 Å². The van der Waals surface area contributed by atoms with Gasteiger partial charge in [0.15, 0.2) is 11.2 Å². The van der Waals surface area contributed by atoms with Gasteiger partial charge in [0, 0.05) is 36.4 Å². The van der Waals surface area contributed by atoms with E-state index in [4.69, 9.17) is 11.6 Å². The standard InChI is InChI=1S/C17H15ClF3N3O2/c18-12-4-9-3-10(7-22-14(9)24-13(12)8-1-2-8)15(25)23-11-5-16(26,6-11)17(19,20)21/h3-4,7-8,11,26H,1-2,5-6H2,(H,23,25). The normalized spacial score (nSPS) is 25.8. The third-order valence-corrected chi connectivity index (χ3v) is 5.21. The molecule has 0 saturated heterocycles. The third kappa shape index (κ3) is 3.01. The number of aromatic nitrogens is 2. The molecule has 138 valence electrons. The van der Waals surface area contributed by atoms with Crippen molar-refractivity contribution in [1.82, 2.24) is 15.3 Å². The van der Waals surface area contributed by atoms with E-state index in [1.807, 2.05) is 0 Å². The first kappa shape index (κ1) is 17.5. The van der Waals surface area contributed by atoms with Crippen LogP contribution in [0.4, 0.5) is 13.2 Å². The number of aliphatic hydroxyl groups is 1. The van der Waals surface area contributed by atoms with Crippen LogP contribution in [0.25, 0.3) is 11.0 Å². The van der Waals surface area contributed by atoms with Crippen molar-refractivity contribution >= 4 is 28.5 Å². The number of pyridine rings is 2. The number of alkyl halides is 3. The molecule has 4 rings (SSSR count). The molecule has 0 aliphatic heterocycles. The smallest absolute Gasteiger partial charge is 0.380 e. The van der Waals surface area contributed by atoms with Crippen LogP contribution < -0.4 is 5.32 Å². The van der Waals surface area contributed by atoms with Gasteiger partial charge in [-0.1, -0.05) is 11.6 Å². The maximum Gasteiger partial charge on any atom is 0.417 e. The van der Waals surface area contributed by atoms with Crippen LogP contribution in [0.1, 0.15) is 47.7 Å². The van der Waals surface area contributed by atoms with E-state index >= 15 is 0 Å². The van der Waals surface area contributed by atoms with E-state index in [0.717, 1.165) is 18.5 Å². The highest BCUT2D eigenvalue weighted by atomic mass is 35.5. The second-order valence-electron chi connectivity index (χ2n) is 7.01. The van der Waals surface area contributed by atoms with Gasteiger partial charge in [0.2, 0.25) is 0 Å². The van der Waals surface area contributed by atoms with Crippen LogP contribution in [0.3, 0.4) is 0 Å². The molecule has 2 aromatic rings. The summed E-state index contributed by atoms with van der Waals surface area (Å²) in [5.74, 6) is -0.182. The van der Waals surface area contributed by atoms with Crippen molar-refractivity contribution in [1.29, 1.82) is 0 Å². The number of halogens is 4. The minimum atomic E-state index is -4.69. The highest BCUT2D eigenvalue weighted by Gasteiger charge is 2.61. The Morgan fingerprint density at radius 1 is 1.31 bits per heavy atom. The Hall–Kier alpha value is -1.93. The molecule has 1 amide bonds. The van der Waals surface area contributed by atoms with E-state index in [0.29, 0.717) is 22.0 Å². The van der Waals surface area contributed by atoms with Crippen molar-refractivity contribution in [3.05, 3.63) is 34.6 Å². The highest BCUT2D eigenvalue weighted by Crippen LogP contribution is 2.45. The number of hydrogen-bond donors (Lipinski definition) is 2. The molecule has 2 aromatic heterocycles. The van der Waals surface area contributed by atoms with E-state index < -0.39 is 36.6 Å². The topological polar surface area (TPSA) is 75.1 Å². The molecule has 2 fully saturated rings. The van der Waals surface area contributed by atoms with Gasteiger partial charge in [0.05, 0.1) is 16.3 Å². The molecule has 0 atom stereocenters. The molecule has 0 radical (unpaired) electrons. The van der Waals surface area contributed by atoms with Gasteiger partial charge in [0.1, 0.15) is 0 Å². The fraction of sp³-hybridized carbons (Fsp3) is 0.471. The van der Waals surface area contributed by atoms with Gasteiger partial charge in [-0.15, -0.1) is 0 Å². The first-order valence-electron chi connectivity index (χ1n) is 8.22. The van der Waals surface area contributed by atoms with Crippen LogP contribution in [-0.4, -0.2) is 38.8 Å². The van der Waals surface area contributed by atoms with E-state index in [1.54, 1.807) is 12.1 Å². The molecular weight excluding hydrogens is 371 g/mol. The van der Waals surface area contributed by atoms with Crippen LogP contribution in [0.2, 0.25) is 5.02 Å². The van der Waals surface area contributed by atoms with Crippen molar-refractivity contribution in [3.8, 4) is 0 Å². The SMILES string of the molecule is O=C(NC1CC(O)(C(F)(F)F)C1)c1cnc2nc(C3CC3)c(Cl)cc2c1. The Kier molecular flexibility index (Phi) is 3.89. The summed E-state index contributed by atoms with van der Waals surface area (Å²) in [7, 11) is 0. The summed E-state index contributed by atoms with van der Waals surface area (Å²) in [5.41, 5.74) is -1.23. The Bertz CT molecular complexity index is 893. The van der Waals surface area contributed by atoms with Crippen molar-refractivity contribution in [2.45, 2.75) is 49.4 Å². The zero-order chi connectivity index (χ0) is 18.7. The maximum absolute atomic E-state index is 12.6. The van der Waals surface area contributed by atoms with Crippen LogP contribution in [-0.2, 0) is 0 Å². The van der Waals surface area contributed by atoms with E-state index in [-0.39, 0.29) is 5.56 Å². The summed E-state index contributed by atoms with van der Waals surface area (Å²) in [6.07, 6.45) is -2.37. The van der Waals surface area contributed by atoms with Crippen molar-refractivity contribution in [2.24, 2.45) is 0 Å². The Morgan fingerprint density at radius 2 is 2.00 bits per heavy atom. The van der Waals surface area contributed by atoms with Crippen molar-refractivity contribution < 1.29 is 23.1 Å². The lowest BCUT2D eigenvalue weighted by atomic mass is 9.75. The number of hydrogen-bond acceptors (Lipinski definition) is 4. The summed E-state index contributed by atoms with van der Waals surface area (Å²) >= 11 is 6.23. The number of rotatable bonds is 3. The number of carbonyl (C=O) groups is 1. The maximum atomic E-state index is 12.6. The fourth-order valence-electron chi connectivity index (χ4n) is 3.18. The number of nitrogens with one attached hydrogen (secondary N) is 1. The Labute approximate surface area is 151 Å². The minimum absolute atomic E-state index is 0.206. The number of nitrogens with zero attached hydrogens (tertiary/aromatic N) is 2. The Morgan fingerprint density at radius 3 is 2.62 bits per heavy atom. The minimum Gasteiger partial charge on any atom is -0.380 e. The van der Waals surface area contributed by atoms with Gasteiger partial charge < -0.3 is 10.4 Å². The van der Waals surface area contributed by atoms with Gasteiger partial charge in [-0.3, -0.25) is 4.79 Å². The van der Waals surface area contributed by atoms with E-state index in [1.165, 1.54) is 6.20 Å². The second kappa shape index (κ2) is 5.79. The summed E-state index contributed by atoms with van der Waals surface area (Å²) < 4.78 is 37.9. The zero-order valence-corrected chi connectivity index (χ0v) is 14.2. The molecule has 0 aromatic carbocycles. The predicted octanol–water partition coefficient (Wildman–Crippen LogP) is 3.35. The van der Waals surface area contributed by atoms with Crippen LogP contribution in [0, 0.1) is 0 Å². The fourth-order valence-corrected chi connectivity index (χ4v) is 3.49. The summed E-state index contributed by atoms with van der Waals surface area (Å²) in [6, 6.07) is 2.53. The lowest BCUT2D eigenvalue weighted by Crippen LogP contribution is -2.62. The molecule has 26 heavy (non-hydrogen) atoms. The summed E-state index contributed by atoms with van der Waals surface area (Å²) in [6.45, 7) is 0. The Balaban J connectivity index is 1.48. The van der Waals surface area contributed by atoms with Gasteiger partial charge in [-0.25, -0.2) is 9.97 Å². The first-order valence-corrected chi connectivity index (χ1v) is 8.60. The molecule has 9 heteroatoms. The molecule has 2 N–H and O–H groups in total. The molecule has 5 nitrogen and oxygen atoms in total. The average Bonchev–Trinajstić information content (AvgIpc) is 3.35. The summed E-state index contributed by atoms with van der Waals surface area (Å²) in [4.78, 5) is 20.9. The monoisotopic (exact) mass is 385 g/mol. The third-order valence-electron chi connectivity index (χ3n) is 4.91. The molecular formula is C17H15ClF3N3O2. The van der Waals surface area contributed by atoms with Crippen LogP contribution in [0.15, 0.2) is 18.3 Å². The molecule has 0 spiro atoms. The second-order valence-corrected chi connectivity index (χ2v) is 7.42. The quantitative estimate of drug-likeness (QED) is 0.849. The zero-order valence-electron chi connectivity index (χ0n) is 13.5. The molecule has 2 aliphatic carbocycles. The average molecular weight is 386 g/mol. The molecule has 0 unspecified atom stereocenters. The molecule has 2 heterocycles. The van der Waals surface area contributed by atoms with Gasteiger partial charge >= 0.3 is 6.18 Å². The highest BCUT2D eigenvalue weighted by molar-refractivity contribution is 6.32. The number of carbonyl (C=O) groups excluding carboxylic acids is 1. The van der Waals surface area contributed by atoms with Gasteiger partial charge in [0.25, 0.3) is 5.91 Å². The lowest BCUT2D eigenvalue weighted by Gasteiger charge is -2.44. The van der Waals surface area contributed by atoms with Crippen molar-refractivity contribution in [3.63, 3.8) is 0 Å². The largest absolute Gasteiger partial charge is 0.417 e. The van der Waals surface area contributed by atoms with Crippen molar-refractivity contribution in [2.75, 3.05) is 0 Å². The lowest BCUT2D eigenvalue weighted by molar-refractivity contribution is -0.291. The number of fused-ring (bicyclic) bond motifs is 1.